The molecule has 0 saturated carbocycles. The molecule has 0 spiro atoms. The van der Waals surface area contributed by atoms with Gasteiger partial charge in [0.25, 0.3) is 0 Å². The smallest absolute Gasteiger partial charge is 0.305 e. The number of benzene rings is 2. The minimum absolute atomic E-state index is 0.0940. The van der Waals surface area contributed by atoms with E-state index in [1.54, 1.807) is 4.90 Å². The Balaban J connectivity index is 1.41. The van der Waals surface area contributed by atoms with Crippen LogP contribution in [-0.4, -0.2) is 82.3 Å². The maximum atomic E-state index is 13.7. The number of carbonyl (C=O) groups excluding carboxylic acids is 4. The predicted molar refractivity (Wildman–Crippen MR) is 176 cm³/mol. The summed E-state index contributed by atoms with van der Waals surface area (Å²) in [6.07, 6.45) is 3.56. The lowest BCUT2D eigenvalue weighted by Gasteiger charge is -2.38. The second-order valence-corrected chi connectivity index (χ2v) is 12.2. The lowest BCUT2D eigenvalue weighted by Crippen LogP contribution is -2.60. The van der Waals surface area contributed by atoms with Crippen molar-refractivity contribution < 1.29 is 29.1 Å². The van der Waals surface area contributed by atoms with Crippen LogP contribution in [-0.2, 0) is 36.8 Å². The van der Waals surface area contributed by atoms with Crippen molar-refractivity contribution in [2.75, 3.05) is 6.54 Å². The quantitative estimate of drug-likeness (QED) is 0.0877. The summed E-state index contributed by atoms with van der Waals surface area (Å²) in [5, 5.41) is 18.0. The fraction of sp³-hybridized carbons (Fsp3) is 0.471. The molecule has 2 aromatic rings. The molecule has 5 atom stereocenters. The number of aliphatic carboxylic acids is 1. The average molecular weight is 648 g/mol. The Labute approximate surface area is 274 Å². The van der Waals surface area contributed by atoms with E-state index in [0.717, 1.165) is 11.1 Å². The Morgan fingerprint density at radius 2 is 1.55 bits per heavy atom. The number of hydrogen-bond acceptors (Lipinski definition) is 6. The van der Waals surface area contributed by atoms with E-state index in [1.807, 2.05) is 60.7 Å². The van der Waals surface area contributed by atoms with Crippen molar-refractivity contribution >= 4 is 35.6 Å². The molecule has 4 amide bonds. The number of nitrogens with zero attached hydrogens (tertiary/aromatic N) is 2. The molecule has 0 aromatic heterocycles. The van der Waals surface area contributed by atoms with E-state index >= 15 is 0 Å². The lowest BCUT2D eigenvalue weighted by atomic mass is 9.97. The number of piperidine rings is 1. The highest BCUT2D eigenvalue weighted by molar-refractivity contribution is 5.95. The van der Waals surface area contributed by atoms with Crippen LogP contribution in [0.1, 0.15) is 62.5 Å². The zero-order chi connectivity index (χ0) is 33.8. The summed E-state index contributed by atoms with van der Waals surface area (Å²) in [4.78, 5) is 70.8. The van der Waals surface area contributed by atoms with Gasteiger partial charge < -0.3 is 37.4 Å². The molecule has 13 nitrogen and oxygen atoms in total. The van der Waals surface area contributed by atoms with E-state index < -0.39 is 42.0 Å². The number of carbonyl (C=O) groups is 5. The van der Waals surface area contributed by atoms with Crippen LogP contribution in [0.25, 0.3) is 0 Å². The topological polar surface area (TPSA) is 209 Å². The van der Waals surface area contributed by atoms with E-state index in [1.165, 1.54) is 0 Å². The molecule has 2 aromatic carbocycles. The highest BCUT2D eigenvalue weighted by Gasteiger charge is 2.46. The van der Waals surface area contributed by atoms with Gasteiger partial charge in [0.15, 0.2) is 5.96 Å². The molecule has 252 valence electrons. The minimum atomic E-state index is -1.05. The Morgan fingerprint density at radius 1 is 0.894 bits per heavy atom. The lowest BCUT2D eigenvalue weighted by molar-refractivity contribution is -0.146. The molecule has 47 heavy (non-hydrogen) atoms. The highest BCUT2D eigenvalue weighted by atomic mass is 16.4. The van der Waals surface area contributed by atoms with Gasteiger partial charge in [-0.25, -0.2) is 0 Å². The SMILES string of the molecule is NC(N)=NCCC[C@H](NC(=O)[C@@H]1CCC2CC[C@H](NC(=O)Cc3ccccc3)C(=O)N21)C(=O)N[C@@H](CCc1ccccc1)CC(=O)O. The second kappa shape index (κ2) is 17.1. The van der Waals surface area contributed by atoms with Crippen molar-refractivity contribution in [1.82, 2.24) is 20.9 Å². The van der Waals surface area contributed by atoms with Crippen LogP contribution < -0.4 is 27.4 Å². The average Bonchev–Trinajstić information content (AvgIpc) is 3.48. The van der Waals surface area contributed by atoms with Crippen molar-refractivity contribution in [2.24, 2.45) is 16.5 Å². The van der Waals surface area contributed by atoms with Gasteiger partial charge in [0.05, 0.1) is 12.8 Å². The van der Waals surface area contributed by atoms with E-state index in [0.29, 0.717) is 44.9 Å². The standard InChI is InChI=1S/C34H45N7O6/c35-34(36)37-19-7-12-26(31(45)38-24(21-30(43)44)14-13-22-8-3-1-4-9-22)40-32(46)28-18-16-25-15-17-27(33(47)41(25)28)39-29(42)20-23-10-5-2-6-11-23/h1-6,8-11,24-28H,7,12-21H2,(H,38,45)(H,39,42)(H,40,46)(H,43,44)(H4,35,36,37)/t24-,25?,26-,27-,28-/m0/s1. The Hall–Kier alpha value is -4.94. The Bertz CT molecular complexity index is 1420. The normalized spacial score (nSPS) is 20.0. The predicted octanol–water partition coefficient (Wildman–Crippen LogP) is 0.998. The zero-order valence-electron chi connectivity index (χ0n) is 26.5. The molecule has 0 radical (unpaired) electrons. The molecule has 1 unspecified atom stereocenters. The van der Waals surface area contributed by atoms with Crippen LogP contribution in [0, 0.1) is 0 Å². The summed E-state index contributed by atoms with van der Waals surface area (Å²) in [5.41, 5.74) is 12.7. The molecule has 2 heterocycles. The highest BCUT2D eigenvalue weighted by Crippen LogP contribution is 2.33. The number of aryl methyl sites for hydroxylation is 1. The van der Waals surface area contributed by atoms with Gasteiger partial charge in [0.1, 0.15) is 18.1 Å². The van der Waals surface area contributed by atoms with Gasteiger partial charge in [-0.05, 0) is 62.5 Å². The Kier molecular flexibility index (Phi) is 12.7. The van der Waals surface area contributed by atoms with Crippen molar-refractivity contribution in [1.29, 1.82) is 0 Å². The number of nitrogens with two attached hydrogens (primary N) is 2. The first-order chi connectivity index (χ1) is 22.6. The number of hydrogen-bond donors (Lipinski definition) is 6. The maximum Gasteiger partial charge on any atom is 0.305 e. The van der Waals surface area contributed by atoms with Crippen molar-refractivity contribution in [3.05, 3.63) is 71.8 Å². The van der Waals surface area contributed by atoms with Crippen LogP contribution in [0.2, 0.25) is 0 Å². The third-order valence-corrected chi connectivity index (χ3v) is 8.66. The summed E-state index contributed by atoms with van der Waals surface area (Å²) in [6.45, 7) is 0.231. The first-order valence-electron chi connectivity index (χ1n) is 16.2. The number of rotatable bonds is 16. The van der Waals surface area contributed by atoms with Crippen molar-refractivity contribution in [2.45, 2.75) is 94.4 Å². The molecule has 2 aliphatic rings. The molecule has 0 bridgehead atoms. The van der Waals surface area contributed by atoms with E-state index in [2.05, 4.69) is 20.9 Å². The first-order valence-corrected chi connectivity index (χ1v) is 16.2. The molecular formula is C34H45N7O6. The van der Waals surface area contributed by atoms with Crippen LogP contribution >= 0.6 is 0 Å². The van der Waals surface area contributed by atoms with Crippen LogP contribution in [0.5, 0.6) is 0 Å². The summed E-state index contributed by atoms with van der Waals surface area (Å²) in [7, 11) is 0. The number of amides is 4. The maximum absolute atomic E-state index is 13.7. The summed E-state index contributed by atoms with van der Waals surface area (Å²) in [6, 6.07) is 15.4. The van der Waals surface area contributed by atoms with E-state index in [4.69, 9.17) is 11.5 Å². The minimum Gasteiger partial charge on any atom is -0.481 e. The summed E-state index contributed by atoms with van der Waals surface area (Å²) in [5.74, 6) is -2.72. The van der Waals surface area contributed by atoms with Gasteiger partial charge in [-0.3, -0.25) is 29.0 Å². The molecule has 4 rings (SSSR count). The molecule has 0 aliphatic carbocycles. The third kappa shape index (κ3) is 10.5. The molecule has 2 saturated heterocycles. The van der Waals surface area contributed by atoms with Gasteiger partial charge in [0, 0.05) is 18.6 Å². The third-order valence-electron chi connectivity index (χ3n) is 8.66. The number of nitrogens with one attached hydrogen (secondary N) is 3. The van der Waals surface area contributed by atoms with Crippen molar-refractivity contribution in [3.63, 3.8) is 0 Å². The van der Waals surface area contributed by atoms with Crippen LogP contribution in [0.15, 0.2) is 65.7 Å². The van der Waals surface area contributed by atoms with Gasteiger partial charge in [-0.15, -0.1) is 0 Å². The van der Waals surface area contributed by atoms with Crippen LogP contribution in [0.4, 0.5) is 0 Å². The van der Waals surface area contributed by atoms with Gasteiger partial charge in [-0.2, -0.15) is 0 Å². The van der Waals surface area contributed by atoms with E-state index in [-0.39, 0.29) is 49.6 Å². The zero-order valence-corrected chi connectivity index (χ0v) is 26.5. The summed E-state index contributed by atoms with van der Waals surface area (Å²) < 4.78 is 0. The molecule has 2 aliphatic heterocycles. The number of carboxylic acids is 1. The largest absolute Gasteiger partial charge is 0.481 e. The fourth-order valence-electron chi connectivity index (χ4n) is 6.34. The Morgan fingerprint density at radius 3 is 2.21 bits per heavy atom. The second-order valence-electron chi connectivity index (χ2n) is 12.2. The first kappa shape index (κ1) is 34.9. The summed E-state index contributed by atoms with van der Waals surface area (Å²) >= 11 is 0. The van der Waals surface area contributed by atoms with Gasteiger partial charge in [-0.1, -0.05) is 60.7 Å². The van der Waals surface area contributed by atoms with Gasteiger partial charge in [0.2, 0.25) is 23.6 Å². The number of guanidine groups is 1. The van der Waals surface area contributed by atoms with Crippen LogP contribution in [0.3, 0.4) is 0 Å². The number of aliphatic imine (C=N–C) groups is 1. The monoisotopic (exact) mass is 647 g/mol. The van der Waals surface area contributed by atoms with Crippen molar-refractivity contribution in [3.8, 4) is 0 Å². The van der Waals surface area contributed by atoms with E-state index in [9.17, 15) is 29.1 Å². The number of carboxylic acid groups (broad SMARTS) is 1. The molecule has 8 N–H and O–H groups in total. The number of fused-ring (bicyclic) bond motifs is 1. The fourth-order valence-corrected chi connectivity index (χ4v) is 6.34. The molecular weight excluding hydrogens is 602 g/mol. The molecule has 2 fully saturated rings. The molecule has 13 heteroatoms. The van der Waals surface area contributed by atoms with Gasteiger partial charge >= 0.3 is 5.97 Å².